The summed E-state index contributed by atoms with van der Waals surface area (Å²) in [6, 6.07) is 6.29. The molecule has 1 unspecified atom stereocenters. The highest BCUT2D eigenvalue weighted by Gasteiger charge is 2.15. The van der Waals surface area contributed by atoms with Crippen molar-refractivity contribution in [2.75, 3.05) is 6.54 Å². The lowest BCUT2D eigenvalue weighted by Crippen LogP contribution is -3.00. The molecule has 4 heteroatoms. The Hall–Kier alpha value is -0.640. The smallest absolute Gasteiger partial charge is 1.00 e. The van der Waals surface area contributed by atoms with Crippen LogP contribution < -0.4 is 17.7 Å². The zero-order valence-electron chi connectivity index (χ0n) is 10.8. The van der Waals surface area contributed by atoms with Gasteiger partial charge in [-0.05, 0) is 26.8 Å². The van der Waals surface area contributed by atoms with Crippen LogP contribution in [0.3, 0.4) is 0 Å². The molecule has 0 fully saturated rings. The first-order valence-corrected chi connectivity index (χ1v) is 5.08. The van der Waals surface area contributed by atoms with E-state index in [1.54, 1.807) is 18.2 Å². The normalized spacial score (nSPS) is 13.1. The van der Waals surface area contributed by atoms with Crippen LogP contribution in [-0.4, -0.2) is 17.2 Å². The third kappa shape index (κ3) is 4.92. The molecule has 0 heterocycles. The lowest BCUT2D eigenvalue weighted by Gasteiger charge is -2.23. The van der Waals surface area contributed by atoms with Gasteiger partial charge < -0.3 is 22.8 Å². The second-order valence-electron chi connectivity index (χ2n) is 4.67. The Morgan fingerprint density at radius 3 is 2.44 bits per heavy atom. The van der Waals surface area contributed by atoms with E-state index in [-0.39, 0.29) is 25.2 Å². The molecule has 0 aromatic heterocycles. The number of aliphatic hydroxyl groups is 1. The van der Waals surface area contributed by atoms with Gasteiger partial charge in [-0.3, -0.25) is 0 Å². The minimum atomic E-state index is -0.801. The van der Waals surface area contributed by atoms with E-state index in [1.807, 2.05) is 20.8 Å². The molecule has 0 saturated carbocycles. The fourth-order valence-corrected chi connectivity index (χ4v) is 1.26. The van der Waals surface area contributed by atoms with E-state index < -0.39 is 6.10 Å². The Balaban J connectivity index is 0. The highest BCUT2D eigenvalue weighted by molar-refractivity contribution is 5.20. The number of aliphatic hydroxyl groups excluding tert-OH is 1. The molecule has 1 aromatic rings. The van der Waals surface area contributed by atoms with E-state index >= 15 is 0 Å². The Kier molecular flexibility index (Phi) is 5.94. The maximum Gasteiger partial charge on any atom is 1.00 e. The van der Waals surface area contributed by atoms with E-state index in [9.17, 15) is 9.50 Å². The molecule has 2 nitrogen and oxygen atoms in total. The summed E-state index contributed by atoms with van der Waals surface area (Å²) in [5.41, 5.74) is 0.265. The van der Waals surface area contributed by atoms with Crippen LogP contribution in [0, 0.1) is 5.82 Å². The molecule has 0 bridgehead atoms. The van der Waals surface area contributed by atoms with Gasteiger partial charge in [-0.15, -0.1) is 0 Å². The first kappa shape index (κ1) is 15.4. The van der Waals surface area contributed by atoms with Gasteiger partial charge in [0.2, 0.25) is 0 Å². The van der Waals surface area contributed by atoms with Gasteiger partial charge >= 0.3 is 1.43 Å². The second-order valence-corrected chi connectivity index (χ2v) is 4.67. The molecule has 92 valence electrons. The van der Waals surface area contributed by atoms with Crippen LogP contribution in [0.15, 0.2) is 24.3 Å². The van der Waals surface area contributed by atoms with Crippen LogP contribution >= 0.6 is 0 Å². The molecule has 0 radical (unpaired) electrons. The Bertz CT molecular complexity index is 331. The number of hydrogen-bond acceptors (Lipinski definition) is 2. The first-order valence-electron chi connectivity index (χ1n) is 5.08. The van der Waals surface area contributed by atoms with Crippen molar-refractivity contribution < 1.29 is 23.3 Å². The lowest BCUT2D eigenvalue weighted by molar-refractivity contribution is -0.00000599. The van der Waals surface area contributed by atoms with Crippen molar-refractivity contribution >= 4 is 0 Å². The van der Waals surface area contributed by atoms with E-state index in [0.717, 1.165) is 0 Å². The SMILES string of the molecule is CC(C)(C)NCC(O)c1ccccc1F.[Cl-].[H+]. The number of rotatable bonds is 3. The Morgan fingerprint density at radius 2 is 1.94 bits per heavy atom. The van der Waals surface area contributed by atoms with Gasteiger partial charge in [0.15, 0.2) is 0 Å². The number of benzene rings is 1. The minimum absolute atomic E-state index is 0. The van der Waals surface area contributed by atoms with Crippen molar-refractivity contribution in [1.29, 1.82) is 0 Å². The quantitative estimate of drug-likeness (QED) is 0.745. The first-order chi connectivity index (χ1) is 6.90. The summed E-state index contributed by atoms with van der Waals surface area (Å²) in [7, 11) is 0. The average molecular weight is 248 g/mol. The van der Waals surface area contributed by atoms with Crippen LogP contribution in [-0.2, 0) is 0 Å². The summed E-state index contributed by atoms with van der Waals surface area (Å²) in [6.07, 6.45) is -0.801. The van der Waals surface area contributed by atoms with Gasteiger partial charge in [0, 0.05) is 17.6 Å². The third-order valence-corrected chi connectivity index (χ3v) is 2.09. The molecule has 16 heavy (non-hydrogen) atoms. The van der Waals surface area contributed by atoms with Gasteiger partial charge in [0.1, 0.15) is 5.82 Å². The van der Waals surface area contributed by atoms with Gasteiger partial charge in [-0.25, -0.2) is 4.39 Å². The van der Waals surface area contributed by atoms with Crippen LogP contribution in [0.1, 0.15) is 33.9 Å². The highest BCUT2D eigenvalue weighted by atomic mass is 35.5. The highest BCUT2D eigenvalue weighted by Crippen LogP contribution is 2.16. The molecule has 2 N–H and O–H groups in total. The minimum Gasteiger partial charge on any atom is -1.00 e. The van der Waals surface area contributed by atoms with E-state index in [2.05, 4.69) is 5.32 Å². The molecule has 1 aromatic carbocycles. The predicted octanol–water partition coefficient (Wildman–Crippen LogP) is -0.636. The van der Waals surface area contributed by atoms with Crippen LogP contribution in [0.5, 0.6) is 0 Å². The maximum absolute atomic E-state index is 13.3. The Morgan fingerprint density at radius 1 is 1.38 bits per heavy atom. The van der Waals surface area contributed by atoms with Crippen molar-refractivity contribution in [3.63, 3.8) is 0 Å². The number of halogens is 2. The summed E-state index contributed by atoms with van der Waals surface area (Å²) in [6.45, 7) is 6.35. The summed E-state index contributed by atoms with van der Waals surface area (Å²) < 4.78 is 13.3. The van der Waals surface area contributed by atoms with Crippen LogP contribution in [0.25, 0.3) is 0 Å². The molecular formula is C12H19ClFNO. The largest absolute Gasteiger partial charge is 1.00 e. The van der Waals surface area contributed by atoms with Crippen molar-refractivity contribution in [2.45, 2.75) is 32.4 Å². The third-order valence-electron chi connectivity index (χ3n) is 2.09. The van der Waals surface area contributed by atoms with Crippen LogP contribution in [0.2, 0.25) is 0 Å². The maximum atomic E-state index is 13.3. The molecule has 1 atom stereocenters. The van der Waals surface area contributed by atoms with Crippen molar-refractivity contribution in [3.8, 4) is 0 Å². The fraction of sp³-hybridized carbons (Fsp3) is 0.500. The summed E-state index contributed by atoms with van der Waals surface area (Å²) in [5, 5.41) is 12.9. The zero-order chi connectivity index (χ0) is 11.5. The van der Waals surface area contributed by atoms with Gasteiger partial charge in [-0.1, -0.05) is 18.2 Å². The molecule has 0 aliphatic rings. The fourth-order valence-electron chi connectivity index (χ4n) is 1.26. The van der Waals surface area contributed by atoms with E-state index in [1.165, 1.54) is 6.07 Å². The van der Waals surface area contributed by atoms with Gasteiger partial charge in [-0.2, -0.15) is 0 Å². The standard InChI is InChI=1S/C12H18FNO.ClH/c1-12(2,3)14-8-11(15)9-6-4-5-7-10(9)13;/h4-7,11,14-15H,8H2,1-3H3;1H. The topological polar surface area (TPSA) is 32.3 Å². The number of β-amino-alcohol motifs (C(OH)–C–C–N with tert-alkyl or cyclic N) is 1. The lowest BCUT2D eigenvalue weighted by atomic mass is 10.1. The Labute approximate surface area is 104 Å². The monoisotopic (exact) mass is 247 g/mol. The van der Waals surface area contributed by atoms with E-state index in [0.29, 0.717) is 12.1 Å². The molecule has 0 spiro atoms. The molecule has 0 aliphatic heterocycles. The van der Waals surface area contributed by atoms with Crippen molar-refractivity contribution in [1.82, 2.24) is 5.32 Å². The summed E-state index contributed by atoms with van der Waals surface area (Å²) in [4.78, 5) is 0. The zero-order valence-corrected chi connectivity index (χ0v) is 10.6. The van der Waals surface area contributed by atoms with Crippen molar-refractivity contribution in [2.24, 2.45) is 0 Å². The number of nitrogens with one attached hydrogen (secondary N) is 1. The molecule has 0 amide bonds. The van der Waals surface area contributed by atoms with Gasteiger partial charge in [0.05, 0.1) is 6.10 Å². The van der Waals surface area contributed by atoms with E-state index in [4.69, 9.17) is 0 Å². The second kappa shape index (κ2) is 6.18. The predicted molar refractivity (Wildman–Crippen MR) is 60.2 cm³/mol. The number of hydrogen-bond donors (Lipinski definition) is 2. The van der Waals surface area contributed by atoms with Gasteiger partial charge in [0.25, 0.3) is 0 Å². The average Bonchev–Trinajstić information content (AvgIpc) is 2.14. The van der Waals surface area contributed by atoms with Crippen molar-refractivity contribution in [3.05, 3.63) is 35.6 Å². The summed E-state index contributed by atoms with van der Waals surface area (Å²) >= 11 is 0. The molecular weight excluding hydrogens is 229 g/mol. The molecule has 1 rings (SSSR count). The molecule has 0 saturated heterocycles. The van der Waals surface area contributed by atoms with Crippen LogP contribution in [0.4, 0.5) is 4.39 Å². The summed E-state index contributed by atoms with van der Waals surface area (Å²) in [5.74, 6) is -0.360. The molecule has 0 aliphatic carbocycles.